The van der Waals surface area contributed by atoms with Gasteiger partial charge < -0.3 is 18.7 Å². The van der Waals surface area contributed by atoms with Gasteiger partial charge in [0.05, 0.1) is 12.0 Å². The van der Waals surface area contributed by atoms with Crippen molar-refractivity contribution in [2.45, 2.75) is 33.7 Å². The zero-order valence-electron chi connectivity index (χ0n) is 13.8. The van der Waals surface area contributed by atoms with Crippen LogP contribution in [0.15, 0.2) is 30.6 Å². The Hall–Kier alpha value is -1.27. The van der Waals surface area contributed by atoms with E-state index in [2.05, 4.69) is 4.52 Å². The van der Waals surface area contributed by atoms with Gasteiger partial charge in [-0.1, -0.05) is 13.0 Å². The molecule has 7 nitrogen and oxygen atoms in total. The molecule has 0 saturated carbocycles. The summed E-state index contributed by atoms with van der Waals surface area (Å²) in [5, 5.41) is 0. The summed E-state index contributed by atoms with van der Waals surface area (Å²) < 4.78 is 27.7. The number of hydrogen-bond donors (Lipinski definition) is 0. The van der Waals surface area contributed by atoms with Gasteiger partial charge >= 0.3 is 5.97 Å². The number of pyridine rings is 1. The van der Waals surface area contributed by atoms with Crippen molar-refractivity contribution in [1.82, 2.24) is 0 Å². The number of rotatable bonds is 10. The Bertz CT molecular complexity index is 534. The van der Waals surface area contributed by atoms with Gasteiger partial charge in [0.2, 0.25) is 0 Å². The second kappa shape index (κ2) is 9.13. The molecule has 8 heteroatoms. The summed E-state index contributed by atoms with van der Waals surface area (Å²) >= 11 is 0. The molecule has 0 saturated heterocycles. The van der Waals surface area contributed by atoms with Crippen LogP contribution >= 0.6 is 7.82 Å². The van der Waals surface area contributed by atoms with Crippen LogP contribution in [0.3, 0.4) is 0 Å². The quantitative estimate of drug-likeness (QED) is 0.276. The second-order valence-electron chi connectivity index (χ2n) is 5.60. The van der Waals surface area contributed by atoms with Crippen LogP contribution in [0.4, 0.5) is 0 Å². The number of carbonyl (C=O) groups is 1. The molecule has 1 atom stereocenters. The van der Waals surface area contributed by atoms with Crippen molar-refractivity contribution in [2.75, 3.05) is 19.8 Å². The first kappa shape index (κ1) is 19.8. The fraction of sp³-hybridized carbons (Fsp3) is 0.600. The molecule has 23 heavy (non-hydrogen) atoms. The lowest BCUT2D eigenvalue weighted by Gasteiger charge is -2.23. The molecule has 0 amide bonds. The monoisotopic (exact) mass is 345 g/mol. The molecule has 0 bridgehead atoms. The molecule has 0 spiro atoms. The van der Waals surface area contributed by atoms with Crippen molar-refractivity contribution < 1.29 is 32.6 Å². The molecule has 1 aromatic heterocycles. The molecule has 0 aliphatic rings. The number of nitrogens with zero attached hydrogens (tertiary/aromatic N) is 1. The van der Waals surface area contributed by atoms with E-state index in [9.17, 15) is 14.3 Å². The summed E-state index contributed by atoms with van der Waals surface area (Å²) in [7, 11) is -4.39. The maximum Gasteiger partial charge on any atom is 0.311 e. The smallest absolute Gasteiger partial charge is 0.311 e. The fourth-order valence-corrected chi connectivity index (χ4v) is 2.18. The Labute approximate surface area is 136 Å². The van der Waals surface area contributed by atoms with E-state index in [4.69, 9.17) is 9.26 Å². The number of phosphoric ester groups is 1. The average Bonchev–Trinajstić information content (AvgIpc) is 2.52. The molecule has 0 aliphatic heterocycles. The van der Waals surface area contributed by atoms with E-state index < -0.39 is 13.2 Å². The van der Waals surface area contributed by atoms with Gasteiger partial charge in [-0.3, -0.25) is 9.36 Å². The number of esters is 1. The lowest BCUT2D eigenvalue weighted by molar-refractivity contribution is -0.697. The van der Waals surface area contributed by atoms with Crippen molar-refractivity contribution in [2.24, 2.45) is 5.41 Å². The summed E-state index contributed by atoms with van der Waals surface area (Å²) in [5.41, 5.74) is -0.593. The van der Waals surface area contributed by atoms with E-state index >= 15 is 0 Å². The Morgan fingerprint density at radius 2 is 1.74 bits per heavy atom. The summed E-state index contributed by atoms with van der Waals surface area (Å²) in [5.74, 6) is -0.384. The number of hydrogen-bond acceptors (Lipinski definition) is 6. The van der Waals surface area contributed by atoms with Crippen LogP contribution in [-0.4, -0.2) is 25.8 Å². The number of aromatic nitrogens is 1. The zero-order chi connectivity index (χ0) is 17.3. The molecular weight excluding hydrogens is 321 g/mol. The molecule has 1 rings (SSSR count). The molecule has 0 aromatic carbocycles. The first-order chi connectivity index (χ1) is 10.8. The van der Waals surface area contributed by atoms with Crippen LogP contribution < -0.4 is 9.46 Å². The van der Waals surface area contributed by atoms with Gasteiger partial charge in [0, 0.05) is 12.1 Å². The topological polar surface area (TPSA) is 88.8 Å². The number of phosphoric acid groups is 1. The lowest BCUT2D eigenvalue weighted by atomic mass is 9.91. The summed E-state index contributed by atoms with van der Waals surface area (Å²) in [6, 6.07) is 5.53. The van der Waals surface area contributed by atoms with Gasteiger partial charge in [-0.2, -0.15) is 0 Å². The first-order valence-electron chi connectivity index (χ1n) is 7.48. The molecular formula is C15H24NO6P. The highest BCUT2D eigenvalue weighted by Crippen LogP contribution is 2.37. The van der Waals surface area contributed by atoms with Gasteiger partial charge in [-0.05, 0) is 20.3 Å². The predicted octanol–water partition coefficient (Wildman–Crippen LogP) is 1.46. The number of ether oxygens (including phenoxy) is 1. The zero-order valence-corrected chi connectivity index (χ0v) is 14.7. The largest absolute Gasteiger partial charge is 0.756 e. The van der Waals surface area contributed by atoms with E-state index in [1.807, 2.05) is 25.1 Å². The Balaban J connectivity index is 2.22. The maximum atomic E-state index is 11.7. The minimum Gasteiger partial charge on any atom is -0.756 e. The highest BCUT2D eigenvalue weighted by molar-refractivity contribution is 7.45. The number of carbonyl (C=O) groups excluding carboxylic acids is 1. The van der Waals surface area contributed by atoms with Crippen molar-refractivity contribution in [3.8, 4) is 0 Å². The highest BCUT2D eigenvalue weighted by Gasteiger charge is 2.26. The summed E-state index contributed by atoms with van der Waals surface area (Å²) in [4.78, 5) is 23.2. The fourth-order valence-electron chi connectivity index (χ4n) is 1.50. The third-order valence-electron chi connectivity index (χ3n) is 3.38. The van der Waals surface area contributed by atoms with Crippen LogP contribution in [0.25, 0.3) is 0 Å². The SMILES string of the molecule is CCC(C)(C)C(=O)OCCOP(=O)([O-])OCC[n+]1ccccc1. The second-order valence-corrected chi connectivity index (χ2v) is 7.01. The molecule has 1 aromatic rings. The van der Waals surface area contributed by atoms with E-state index in [0.717, 1.165) is 0 Å². The van der Waals surface area contributed by atoms with Crippen LogP contribution in [0.5, 0.6) is 0 Å². The minimum atomic E-state index is -4.39. The average molecular weight is 345 g/mol. The van der Waals surface area contributed by atoms with Crippen molar-refractivity contribution in [1.29, 1.82) is 0 Å². The lowest BCUT2D eigenvalue weighted by Crippen LogP contribution is -2.35. The van der Waals surface area contributed by atoms with E-state index in [1.54, 1.807) is 30.8 Å². The third-order valence-corrected chi connectivity index (χ3v) is 4.38. The normalized spacial score (nSPS) is 14.3. The molecule has 0 fully saturated rings. The highest BCUT2D eigenvalue weighted by atomic mass is 31.2. The van der Waals surface area contributed by atoms with Crippen molar-refractivity contribution >= 4 is 13.8 Å². The Kier molecular flexibility index (Phi) is 7.85. The van der Waals surface area contributed by atoms with E-state index in [1.165, 1.54) is 0 Å². The Morgan fingerprint density at radius 3 is 2.35 bits per heavy atom. The molecule has 1 unspecified atom stereocenters. The molecule has 0 aliphatic carbocycles. The maximum absolute atomic E-state index is 11.7. The molecule has 1 heterocycles. The van der Waals surface area contributed by atoms with Gasteiger partial charge in [-0.25, -0.2) is 4.57 Å². The van der Waals surface area contributed by atoms with Crippen LogP contribution in [0, 0.1) is 5.41 Å². The minimum absolute atomic E-state index is 0.0297. The van der Waals surface area contributed by atoms with E-state index in [0.29, 0.717) is 13.0 Å². The van der Waals surface area contributed by atoms with Crippen LogP contribution in [0.2, 0.25) is 0 Å². The van der Waals surface area contributed by atoms with Gasteiger partial charge in [0.25, 0.3) is 7.82 Å². The van der Waals surface area contributed by atoms with Crippen LogP contribution in [0.1, 0.15) is 27.2 Å². The third kappa shape index (κ3) is 7.70. The predicted molar refractivity (Wildman–Crippen MR) is 81.2 cm³/mol. The van der Waals surface area contributed by atoms with Crippen molar-refractivity contribution in [3.05, 3.63) is 30.6 Å². The Morgan fingerprint density at radius 1 is 1.13 bits per heavy atom. The van der Waals surface area contributed by atoms with Gasteiger partial charge in [0.1, 0.15) is 13.2 Å². The standard InChI is InChI=1S/C15H24NO6P/c1-4-15(2,3)14(17)20-12-13-22-23(18,19)21-11-10-16-8-6-5-7-9-16/h5-9H,4,10-13H2,1-3H3. The molecule has 130 valence electrons. The van der Waals surface area contributed by atoms with Crippen LogP contribution in [-0.2, 0) is 29.7 Å². The van der Waals surface area contributed by atoms with E-state index in [-0.39, 0.29) is 25.8 Å². The van der Waals surface area contributed by atoms with Crippen molar-refractivity contribution in [3.63, 3.8) is 0 Å². The first-order valence-corrected chi connectivity index (χ1v) is 8.94. The van der Waals surface area contributed by atoms with Gasteiger partial charge in [0.15, 0.2) is 18.9 Å². The summed E-state index contributed by atoms with van der Waals surface area (Å²) in [6.45, 7) is 5.37. The molecule has 0 N–H and O–H groups in total. The summed E-state index contributed by atoms with van der Waals surface area (Å²) in [6.07, 6.45) is 4.23. The molecule has 0 radical (unpaired) electrons. The van der Waals surface area contributed by atoms with Gasteiger partial charge in [-0.15, -0.1) is 0 Å².